The van der Waals surface area contributed by atoms with Crippen LogP contribution < -0.4 is 0 Å². The first-order valence-electron chi connectivity index (χ1n) is 5.06. The molecular weight excluding hydrogens is 196 g/mol. The van der Waals surface area contributed by atoms with Gasteiger partial charge in [-0.15, -0.1) is 0 Å². The van der Waals surface area contributed by atoms with E-state index in [1.165, 1.54) is 5.69 Å². The molecule has 0 spiro atoms. The van der Waals surface area contributed by atoms with Gasteiger partial charge >= 0.3 is 0 Å². The number of H-pyrrole nitrogens is 1. The fourth-order valence-corrected chi connectivity index (χ4v) is 2.34. The zero-order chi connectivity index (χ0) is 10.1. The van der Waals surface area contributed by atoms with E-state index in [1.54, 1.807) is 0 Å². The van der Waals surface area contributed by atoms with Crippen molar-refractivity contribution >= 4 is 12.2 Å². The molecule has 0 saturated carbocycles. The van der Waals surface area contributed by atoms with Crippen molar-refractivity contribution in [3.63, 3.8) is 0 Å². The largest absolute Gasteiger partial charge is 0.376 e. The highest BCUT2D eigenvalue weighted by Gasteiger charge is 2.21. The maximum Gasteiger partial charge on any atom is 0.177 e. The minimum Gasteiger partial charge on any atom is -0.376 e. The summed E-state index contributed by atoms with van der Waals surface area (Å²) in [7, 11) is 0. The Kier molecular flexibility index (Phi) is 2.74. The van der Waals surface area contributed by atoms with E-state index in [9.17, 15) is 0 Å². The Bertz CT molecular complexity index is 360. The van der Waals surface area contributed by atoms with Gasteiger partial charge in [0, 0.05) is 11.9 Å². The molecule has 14 heavy (non-hydrogen) atoms. The fraction of sp³-hybridized carbons (Fsp3) is 0.700. The Balaban J connectivity index is 2.20. The summed E-state index contributed by atoms with van der Waals surface area (Å²) in [6, 6.07) is 0.421. The van der Waals surface area contributed by atoms with Crippen molar-refractivity contribution in [2.45, 2.75) is 38.8 Å². The van der Waals surface area contributed by atoms with Gasteiger partial charge in [-0.25, -0.2) is 0 Å². The SMILES string of the molecule is Cc1c[nH]c(=S)n1C1CCC(C)OC1. The molecule has 3 nitrogen and oxygen atoms in total. The average molecular weight is 212 g/mol. The minimum absolute atomic E-state index is 0.402. The highest BCUT2D eigenvalue weighted by molar-refractivity contribution is 7.71. The number of hydrogen-bond donors (Lipinski definition) is 1. The van der Waals surface area contributed by atoms with Crippen LogP contribution in [0.1, 0.15) is 31.5 Å². The molecule has 1 aliphatic rings. The van der Waals surface area contributed by atoms with E-state index in [0.29, 0.717) is 12.1 Å². The molecule has 1 aromatic heterocycles. The Labute approximate surface area is 89.1 Å². The number of nitrogens with zero attached hydrogens (tertiary/aromatic N) is 1. The van der Waals surface area contributed by atoms with Crippen molar-refractivity contribution < 1.29 is 4.74 Å². The Morgan fingerprint density at radius 1 is 1.57 bits per heavy atom. The third-order valence-corrected chi connectivity index (χ3v) is 3.16. The summed E-state index contributed by atoms with van der Waals surface area (Å²) in [5.41, 5.74) is 1.19. The third-order valence-electron chi connectivity index (χ3n) is 2.85. The highest BCUT2D eigenvalue weighted by atomic mass is 32.1. The zero-order valence-corrected chi connectivity index (χ0v) is 9.43. The molecular formula is C10H16N2OS. The van der Waals surface area contributed by atoms with Crippen molar-refractivity contribution in [1.29, 1.82) is 0 Å². The smallest absolute Gasteiger partial charge is 0.177 e. The van der Waals surface area contributed by atoms with Crippen LogP contribution in [-0.2, 0) is 4.74 Å². The summed E-state index contributed by atoms with van der Waals surface area (Å²) >= 11 is 5.23. The van der Waals surface area contributed by atoms with Crippen LogP contribution in [0.15, 0.2) is 6.20 Å². The molecule has 78 valence electrons. The zero-order valence-electron chi connectivity index (χ0n) is 8.62. The van der Waals surface area contributed by atoms with Crippen molar-refractivity contribution in [3.8, 4) is 0 Å². The van der Waals surface area contributed by atoms with E-state index in [2.05, 4.69) is 23.4 Å². The van der Waals surface area contributed by atoms with Gasteiger partial charge in [-0.1, -0.05) is 0 Å². The lowest BCUT2D eigenvalue weighted by Crippen LogP contribution is -2.26. The number of hydrogen-bond acceptors (Lipinski definition) is 2. The van der Waals surface area contributed by atoms with E-state index in [1.807, 2.05) is 6.20 Å². The van der Waals surface area contributed by atoms with Gasteiger partial charge in [0.25, 0.3) is 0 Å². The number of aromatic amines is 1. The first kappa shape index (κ1) is 9.93. The summed E-state index contributed by atoms with van der Waals surface area (Å²) in [6.07, 6.45) is 4.64. The fourth-order valence-electron chi connectivity index (χ4n) is 1.99. The van der Waals surface area contributed by atoms with Gasteiger partial charge in [-0.05, 0) is 38.9 Å². The second-order valence-corrected chi connectivity index (χ2v) is 4.37. The van der Waals surface area contributed by atoms with Crippen molar-refractivity contribution in [1.82, 2.24) is 9.55 Å². The third kappa shape index (κ3) is 1.77. The Morgan fingerprint density at radius 3 is 2.86 bits per heavy atom. The summed E-state index contributed by atoms with van der Waals surface area (Å²) in [6.45, 7) is 4.98. The predicted molar refractivity (Wildman–Crippen MR) is 58.0 cm³/mol. The molecule has 2 unspecified atom stereocenters. The van der Waals surface area contributed by atoms with Crippen LogP contribution in [0.3, 0.4) is 0 Å². The predicted octanol–water partition coefficient (Wildman–Crippen LogP) is 2.59. The molecule has 1 aliphatic heterocycles. The quantitative estimate of drug-likeness (QED) is 0.725. The lowest BCUT2D eigenvalue weighted by Gasteiger charge is -2.28. The summed E-state index contributed by atoms with van der Waals surface area (Å²) in [5.74, 6) is 0. The van der Waals surface area contributed by atoms with Crippen LogP contribution in [0.5, 0.6) is 0 Å². The van der Waals surface area contributed by atoms with Crippen LogP contribution in [0, 0.1) is 11.7 Å². The molecule has 2 rings (SSSR count). The first-order chi connectivity index (χ1) is 6.68. The van der Waals surface area contributed by atoms with Gasteiger partial charge < -0.3 is 14.3 Å². The maximum atomic E-state index is 5.64. The lowest BCUT2D eigenvalue weighted by molar-refractivity contribution is -0.00146. The van der Waals surface area contributed by atoms with Gasteiger partial charge in [0.1, 0.15) is 0 Å². The van der Waals surface area contributed by atoms with Crippen LogP contribution in [0.4, 0.5) is 0 Å². The van der Waals surface area contributed by atoms with E-state index in [0.717, 1.165) is 24.2 Å². The maximum absolute atomic E-state index is 5.64. The number of rotatable bonds is 1. The summed E-state index contributed by atoms with van der Waals surface area (Å²) in [4.78, 5) is 3.07. The molecule has 0 amide bonds. The van der Waals surface area contributed by atoms with E-state index in [4.69, 9.17) is 17.0 Å². The number of nitrogens with one attached hydrogen (secondary N) is 1. The van der Waals surface area contributed by atoms with Crippen molar-refractivity contribution in [2.75, 3.05) is 6.61 Å². The second-order valence-electron chi connectivity index (χ2n) is 3.98. The first-order valence-corrected chi connectivity index (χ1v) is 5.47. The van der Waals surface area contributed by atoms with Crippen LogP contribution in [0.25, 0.3) is 0 Å². The molecule has 0 bridgehead atoms. The molecule has 1 saturated heterocycles. The molecule has 4 heteroatoms. The molecule has 2 heterocycles. The number of ether oxygens (including phenoxy) is 1. The van der Waals surface area contributed by atoms with Gasteiger partial charge in [-0.3, -0.25) is 0 Å². The van der Waals surface area contributed by atoms with Gasteiger partial charge in [-0.2, -0.15) is 0 Å². The molecule has 0 radical (unpaired) electrons. The number of imidazole rings is 1. The average Bonchev–Trinajstić information content (AvgIpc) is 2.49. The van der Waals surface area contributed by atoms with Crippen molar-refractivity contribution in [3.05, 3.63) is 16.7 Å². The van der Waals surface area contributed by atoms with E-state index >= 15 is 0 Å². The molecule has 2 atom stereocenters. The van der Waals surface area contributed by atoms with Crippen LogP contribution in [-0.4, -0.2) is 22.3 Å². The Hall–Kier alpha value is -0.610. The normalized spacial score (nSPS) is 27.9. The number of aromatic nitrogens is 2. The molecule has 0 aromatic carbocycles. The molecule has 1 aromatic rings. The topological polar surface area (TPSA) is 29.9 Å². The van der Waals surface area contributed by atoms with Gasteiger partial charge in [0.15, 0.2) is 4.77 Å². The van der Waals surface area contributed by atoms with E-state index < -0.39 is 0 Å². The standard InChI is InChI=1S/C10H16N2OS/c1-7-5-11-10(14)12(7)9-4-3-8(2)13-6-9/h5,8-9H,3-4,6H2,1-2H3,(H,11,14). The molecule has 0 aliphatic carbocycles. The monoisotopic (exact) mass is 212 g/mol. The molecule has 1 fully saturated rings. The van der Waals surface area contributed by atoms with Gasteiger partial charge in [0.05, 0.1) is 18.8 Å². The van der Waals surface area contributed by atoms with Crippen molar-refractivity contribution in [2.24, 2.45) is 0 Å². The molecule has 1 N–H and O–H groups in total. The lowest BCUT2D eigenvalue weighted by atomic mass is 10.1. The van der Waals surface area contributed by atoms with E-state index in [-0.39, 0.29) is 0 Å². The minimum atomic E-state index is 0.402. The van der Waals surface area contributed by atoms with Crippen LogP contribution >= 0.6 is 12.2 Å². The second kappa shape index (κ2) is 3.87. The number of aryl methyl sites for hydroxylation is 1. The van der Waals surface area contributed by atoms with Crippen LogP contribution in [0.2, 0.25) is 0 Å². The summed E-state index contributed by atoms with van der Waals surface area (Å²) < 4.78 is 8.62. The summed E-state index contributed by atoms with van der Waals surface area (Å²) in [5, 5.41) is 0. The van der Waals surface area contributed by atoms with Gasteiger partial charge in [0.2, 0.25) is 0 Å². The highest BCUT2D eigenvalue weighted by Crippen LogP contribution is 2.24. The Morgan fingerprint density at radius 2 is 2.36 bits per heavy atom.